The van der Waals surface area contributed by atoms with Crippen LogP contribution in [0.4, 0.5) is 4.39 Å². The first-order chi connectivity index (χ1) is 13.6. The van der Waals surface area contributed by atoms with Gasteiger partial charge in [0.1, 0.15) is 5.82 Å². The van der Waals surface area contributed by atoms with Crippen molar-refractivity contribution >= 4 is 5.91 Å². The van der Waals surface area contributed by atoms with E-state index in [1.54, 1.807) is 18.3 Å². The number of unbranched alkanes of at least 4 members (excludes halogenated alkanes) is 1. The second-order valence-corrected chi connectivity index (χ2v) is 8.23. The molecule has 2 aliphatic heterocycles. The predicted octanol–water partition coefficient (Wildman–Crippen LogP) is 3.69. The SMILES string of the molecule is CN1C[C@H]2CN(C(=O)CCCCc3cccnc3)C[C@H]2[C@@H]1c1cccc(F)c1. The van der Waals surface area contributed by atoms with Crippen LogP contribution in [0.1, 0.15) is 36.4 Å². The number of hydrogen-bond donors (Lipinski definition) is 0. The summed E-state index contributed by atoms with van der Waals surface area (Å²) in [6, 6.07) is 11.2. The molecule has 0 bridgehead atoms. The van der Waals surface area contributed by atoms with Crippen molar-refractivity contribution < 1.29 is 9.18 Å². The summed E-state index contributed by atoms with van der Waals surface area (Å²) in [6.07, 6.45) is 7.18. The third-order valence-electron chi connectivity index (χ3n) is 6.27. The number of pyridine rings is 1. The molecule has 2 fully saturated rings. The number of benzene rings is 1. The molecular formula is C23H28FN3O. The number of rotatable bonds is 6. The fourth-order valence-electron chi connectivity index (χ4n) is 4.96. The molecule has 1 aromatic heterocycles. The topological polar surface area (TPSA) is 36.4 Å². The number of fused-ring (bicyclic) bond motifs is 1. The first-order valence-electron chi connectivity index (χ1n) is 10.2. The Hall–Kier alpha value is -2.27. The fraction of sp³-hybridized carbons (Fsp3) is 0.478. The Morgan fingerprint density at radius 1 is 1.18 bits per heavy atom. The Kier molecular flexibility index (Phi) is 5.72. The second kappa shape index (κ2) is 8.39. The molecule has 0 spiro atoms. The number of aryl methyl sites for hydroxylation is 1. The molecule has 2 aromatic rings. The van der Waals surface area contributed by atoms with Crippen molar-refractivity contribution in [3.05, 3.63) is 65.7 Å². The van der Waals surface area contributed by atoms with E-state index in [4.69, 9.17) is 0 Å². The van der Waals surface area contributed by atoms with Gasteiger partial charge in [-0.15, -0.1) is 0 Å². The van der Waals surface area contributed by atoms with Gasteiger partial charge in [0.15, 0.2) is 0 Å². The van der Waals surface area contributed by atoms with Crippen LogP contribution in [0, 0.1) is 17.7 Å². The van der Waals surface area contributed by atoms with Gasteiger partial charge in [0.25, 0.3) is 0 Å². The Morgan fingerprint density at radius 3 is 2.86 bits per heavy atom. The van der Waals surface area contributed by atoms with Crippen LogP contribution in [-0.2, 0) is 11.2 Å². The van der Waals surface area contributed by atoms with Crippen molar-refractivity contribution in [2.45, 2.75) is 31.7 Å². The zero-order valence-electron chi connectivity index (χ0n) is 16.4. The highest BCUT2D eigenvalue weighted by atomic mass is 19.1. The van der Waals surface area contributed by atoms with Gasteiger partial charge < -0.3 is 4.90 Å². The van der Waals surface area contributed by atoms with E-state index in [0.29, 0.717) is 18.3 Å². The first kappa shape index (κ1) is 19.1. The number of nitrogens with zero attached hydrogens (tertiary/aromatic N) is 3. The van der Waals surface area contributed by atoms with Crippen molar-refractivity contribution in [3.63, 3.8) is 0 Å². The summed E-state index contributed by atoms with van der Waals surface area (Å²) >= 11 is 0. The molecule has 3 atom stereocenters. The lowest BCUT2D eigenvalue weighted by Gasteiger charge is -2.27. The molecule has 2 aliphatic rings. The number of halogens is 1. The van der Waals surface area contributed by atoms with E-state index in [2.05, 4.69) is 23.0 Å². The number of carbonyl (C=O) groups excluding carboxylic acids is 1. The van der Waals surface area contributed by atoms with Crippen LogP contribution in [0.5, 0.6) is 0 Å². The molecule has 5 heteroatoms. The maximum atomic E-state index is 13.7. The highest BCUT2D eigenvalue weighted by Gasteiger charge is 2.47. The van der Waals surface area contributed by atoms with Crippen LogP contribution < -0.4 is 0 Å². The Balaban J connectivity index is 1.30. The molecule has 4 rings (SSSR count). The smallest absolute Gasteiger partial charge is 0.222 e. The van der Waals surface area contributed by atoms with E-state index in [1.807, 2.05) is 23.2 Å². The summed E-state index contributed by atoms with van der Waals surface area (Å²) in [5, 5.41) is 0. The van der Waals surface area contributed by atoms with Crippen molar-refractivity contribution in [2.24, 2.45) is 11.8 Å². The van der Waals surface area contributed by atoms with E-state index in [-0.39, 0.29) is 17.8 Å². The zero-order valence-corrected chi connectivity index (χ0v) is 16.4. The number of aromatic nitrogens is 1. The quantitative estimate of drug-likeness (QED) is 0.716. The number of amides is 1. The van der Waals surface area contributed by atoms with Gasteiger partial charge in [-0.25, -0.2) is 4.39 Å². The Morgan fingerprint density at radius 2 is 2.07 bits per heavy atom. The molecule has 148 valence electrons. The van der Waals surface area contributed by atoms with Gasteiger partial charge in [0.2, 0.25) is 5.91 Å². The van der Waals surface area contributed by atoms with E-state index < -0.39 is 0 Å². The third kappa shape index (κ3) is 4.09. The molecule has 2 saturated heterocycles. The van der Waals surface area contributed by atoms with E-state index in [0.717, 1.165) is 44.5 Å². The number of hydrogen-bond acceptors (Lipinski definition) is 3. The molecule has 0 N–H and O–H groups in total. The van der Waals surface area contributed by atoms with Crippen molar-refractivity contribution in [3.8, 4) is 0 Å². The normalized spacial score (nSPS) is 24.5. The van der Waals surface area contributed by atoms with Crippen LogP contribution in [-0.4, -0.2) is 47.4 Å². The largest absolute Gasteiger partial charge is 0.342 e. The molecule has 0 aliphatic carbocycles. The van der Waals surface area contributed by atoms with E-state index in [1.165, 1.54) is 11.6 Å². The average Bonchev–Trinajstić information content (AvgIpc) is 3.22. The standard InChI is InChI=1S/C23H28FN3O/c1-26-14-19-15-27(16-21(19)23(26)18-8-4-9-20(24)12-18)22(28)10-3-2-6-17-7-5-11-25-13-17/h4-5,7-9,11-13,19,21,23H,2-3,6,10,14-16H2,1H3/t19-,21+,23-/m0/s1. The predicted molar refractivity (Wildman–Crippen MR) is 107 cm³/mol. The van der Waals surface area contributed by atoms with Crippen LogP contribution in [0.3, 0.4) is 0 Å². The minimum absolute atomic E-state index is 0.186. The molecular weight excluding hydrogens is 353 g/mol. The molecule has 3 heterocycles. The van der Waals surface area contributed by atoms with Crippen LogP contribution in [0.25, 0.3) is 0 Å². The molecule has 0 unspecified atom stereocenters. The molecule has 0 radical (unpaired) electrons. The highest BCUT2D eigenvalue weighted by Crippen LogP contribution is 2.44. The van der Waals surface area contributed by atoms with Crippen LogP contribution in [0.15, 0.2) is 48.8 Å². The second-order valence-electron chi connectivity index (χ2n) is 8.23. The van der Waals surface area contributed by atoms with Gasteiger partial charge in [-0.1, -0.05) is 18.2 Å². The van der Waals surface area contributed by atoms with Crippen molar-refractivity contribution in [2.75, 3.05) is 26.7 Å². The van der Waals surface area contributed by atoms with E-state index in [9.17, 15) is 9.18 Å². The summed E-state index contributed by atoms with van der Waals surface area (Å²) in [4.78, 5) is 21.2. The summed E-state index contributed by atoms with van der Waals surface area (Å²) in [5.41, 5.74) is 2.26. The highest BCUT2D eigenvalue weighted by molar-refractivity contribution is 5.76. The minimum atomic E-state index is -0.186. The molecule has 1 aromatic carbocycles. The summed E-state index contributed by atoms with van der Waals surface area (Å²) in [7, 11) is 2.11. The summed E-state index contributed by atoms with van der Waals surface area (Å²) < 4.78 is 13.7. The molecule has 0 saturated carbocycles. The van der Waals surface area contributed by atoms with Crippen LogP contribution in [0.2, 0.25) is 0 Å². The van der Waals surface area contributed by atoms with Gasteiger partial charge in [-0.2, -0.15) is 0 Å². The summed E-state index contributed by atoms with van der Waals surface area (Å²) in [6.45, 7) is 2.59. The molecule has 1 amide bonds. The van der Waals surface area contributed by atoms with Gasteiger partial charge in [-0.3, -0.25) is 14.7 Å². The maximum absolute atomic E-state index is 13.7. The van der Waals surface area contributed by atoms with Gasteiger partial charge in [-0.05, 0) is 61.6 Å². The number of carbonyl (C=O) groups is 1. The maximum Gasteiger partial charge on any atom is 0.222 e. The van der Waals surface area contributed by atoms with Gasteiger partial charge in [0.05, 0.1) is 0 Å². The molecule has 4 nitrogen and oxygen atoms in total. The lowest BCUT2D eigenvalue weighted by Crippen LogP contribution is -2.33. The average molecular weight is 381 g/mol. The monoisotopic (exact) mass is 381 g/mol. The van der Waals surface area contributed by atoms with Gasteiger partial charge >= 0.3 is 0 Å². The van der Waals surface area contributed by atoms with Gasteiger partial charge in [0, 0.05) is 50.4 Å². The Labute approximate surface area is 166 Å². The van der Waals surface area contributed by atoms with Crippen molar-refractivity contribution in [1.29, 1.82) is 0 Å². The third-order valence-corrected chi connectivity index (χ3v) is 6.27. The summed E-state index contributed by atoms with van der Waals surface area (Å²) in [5.74, 6) is 0.957. The lowest BCUT2D eigenvalue weighted by molar-refractivity contribution is -0.130. The zero-order chi connectivity index (χ0) is 19.5. The number of likely N-dealkylation sites (tertiary alicyclic amines) is 2. The van der Waals surface area contributed by atoms with E-state index >= 15 is 0 Å². The fourth-order valence-corrected chi connectivity index (χ4v) is 4.96. The van der Waals surface area contributed by atoms with Crippen LogP contribution >= 0.6 is 0 Å². The van der Waals surface area contributed by atoms with Crippen molar-refractivity contribution in [1.82, 2.24) is 14.8 Å². The molecule has 28 heavy (non-hydrogen) atoms. The minimum Gasteiger partial charge on any atom is -0.342 e. The first-order valence-corrected chi connectivity index (χ1v) is 10.2. The lowest BCUT2D eigenvalue weighted by atomic mass is 9.89. The Bertz CT molecular complexity index is 813.